The number of para-hydroxylation sites is 1. The fourth-order valence-electron chi connectivity index (χ4n) is 3.27. The van der Waals surface area contributed by atoms with Crippen LogP contribution in [0.3, 0.4) is 0 Å². The van der Waals surface area contributed by atoms with Gasteiger partial charge in [-0.3, -0.25) is 10.1 Å². The van der Waals surface area contributed by atoms with Crippen molar-refractivity contribution in [3.05, 3.63) is 48.0 Å². The minimum Gasteiger partial charge on any atom is -0.497 e. The third-order valence-corrected chi connectivity index (χ3v) is 5.62. The number of hydrogen-bond acceptors (Lipinski definition) is 5. The molecule has 1 saturated heterocycles. The number of rotatable bonds is 4. The standard InChI is InChI=1S/C20H20N4O3S/c1-12-4-3-5-16-18(12)22-20(28-16)23-19(26)21-13-10-17(25)24(11-13)14-6-8-15(27-2)9-7-14/h3-9,13H,10-11H2,1-2H3,(H2,21,22,23,26)/t13-/m1/s1. The minimum absolute atomic E-state index is 0.0221. The molecule has 2 heterocycles. The van der Waals surface area contributed by atoms with E-state index in [1.54, 1.807) is 12.0 Å². The Morgan fingerprint density at radius 2 is 2.04 bits per heavy atom. The van der Waals surface area contributed by atoms with Gasteiger partial charge in [0, 0.05) is 18.7 Å². The summed E-state index contributed by atoms with van der Waals surface area (Å²) in [6.07, 6.45) is 0.262. The van der Waals surface area contributed by atoms with E-state index < -0.39 is 0 Å². The minimum atomic E-state index is -0.355. The predicted molar refractivity (Wildman–Crippen MR) is 110 cm³/mol. The van der Waals surface area contributed by atoms with Crippen LogP contribution in [0.2, 0.25) is 0 Å². The topological polar surface area (TPSA) is 83.6 Å². The molecule has 2 aromatic carbocycles. The number of aromatic nitrogens is 1. The van der Waals surface area contributed by atoms with Gasteiger partial charge in [0.15, 0.2) is 5.13 Å². The molecule has 4 rings (SSSR count). The van der Waals surface area contributed by atoms with E-state index in [0.717, 1.165) is 27.2 Å². The van der Waals surface area contributed by atoms with Crippen molar-refractivity contribution in [1.29, 1.82) is 0 Å². The number of carbonyl (C=O) groups excluding carboxylic acids is 2. The molecule has 3 amide bonds. The molecule has 1 aliphatic rings. The van der Waals surface area contributed by atoms with Gasteiger partial charge < -0.3 is 15.0 Å². The van der Waals surface area contributed by atoms with Gasteiger partial charge in [0.1, 0.15) is 5.75 Å². The first kappa shape index (κ1) is 18.2. The maximum absolute atomic E-state index is 12.4. The lowest BCUT2D eigenvalue weighted by Gasteiger charge is -2.17. The molecule has 0 radical (unpaired) electrons. The van der Waals surface area contributed by atoms with E-state index in [-0.39, 0.29) is 24.4 Å². The number of hydrogen-bond donors (Lipinski definition) is 2. The molecule has 0 unspecified atom stereocenters. The van der Waals surface area contributed by atoms with Gasteiger partial charge in [-0.1, -0.05) is 23.5 Å². The second-order valence-corrected chi connectivity index (χ2v) is 7.67. The third-order valence-electron chi connectivity index (χ3n) is 4.69. The first-order valence-electron chi connectivity index (χ1n) is 8.91. The molecule has 7 nitrogen and oxygen atoms in total. The number of carbonyl (C=O) groups is 2. The number of nitrogens with zero attached hydrogens (tertiary/aromatic N) is 2. The van der Waals surface area contributed by atoms with E-state index in [2.05, 4.69) is 15.6 Å². The quantitative estimate of drug-likeness (QED) is 0.707. The zero-order valence-electron chi connectivity index (χ0n) is 15.6. The Labute approximate surface area is 166 Å². The lowest BCUT2D eigenvalue weighted by molar-refractivity contribution is -0.117. The second kappa shape index (κ2) is 7.47. The average molecular weight is 396 g/mol. The number of aryl methyl sites for hydroxylation is 1. The van der Waals surface area contributed by atoms with Crippen molar-refractivity contribution < 1.29 is 14.3 Å². The van der Waals surface area contributed by atoms with Gasteiger partial charge in [-0.05, 0) is 42.8 Å². The molecule has 1 atom stereocenters. The van der Waals surface area contributed by atoms with Crippen LogP contribution in [0.1, 0.15) is 12.0 Å². The smallest absolute Gasteiger partial charge is 0.321 e. The highest BCUT2D eigenvalue weighted by molar-refractivity contribution is 7.22. The molecule has 144 valence electrons. The molecule has 1 fully saturated rings. The lowest BCUT2D eigenvalue weighted by atomic mass is 10.2. The number of nitrogens with one attached hydrogen (secondary N) is 2. The normalized spacial score (nSPS) is 16.4. The summed E-state index contributed by atoms with van der Waals surface area (Å²) in [4.78, 5) is 30.9. The summed E-state index contributed by atoms with van der Waals surface area (Å²) >= 11 is 1.43. The van der Waals surface area contributed by atoms with Crippen LogP contribution in [-0.2, 0) is 4.79 Å². The molecule has 28 heavy (non-hydrogen) atoms. The molecule has 0 spiro atoms. The summed E-state index contributed by atoms with van der Waals surface area (Å²) in [6.45, 7) is 2.42. The van der Waals surface area contributed by atoms with Gasteiger partial charge in [0.05, 0.1) is 23.4 Å². The van der Waals surface area contributed by atoms with Crippen molar-refractivity contribution in [2.75, 3.05) is 23.9 Å². The fraction of sp³-hybridized carbons (Fsp3) is 0.250. The summed E-state index contributed by atoms with van der Waals surface area (Å²) in [7, 11) is 1.60. The molecule has 2 N–H and O–H groups in total. The zero-order chi connectivity index (χ0) is 19.7. The Balaban J connectivity index is 1.39. The highest BCUT2D eigenvalue weighted by Gasteiger charge is 2.31. The van der Waals surface area contributed by atoms with Crippen LogP contribution >= 0.6 is 11.3 Å². The zero-order valence-corrected chi connectivity index (χ0v) is 16.4. The maximum Gasteiger partial charge on any atom is 0.321 e. The van der Waals surface area contributed by atoms with Crippen LogP contribution in [-0.4, -0.2) is 36.6 Å². The number of thiazole rings is 1. The van der Waals surface area contributed by atoms with E-state index in [4.69, 9.17) is 4.74 Å². The van der Waals surface area contributed by atoms with Gasteiger partial charge >= 0.3 is 6.03 Å². The van der Waals surface area contributed by atoms with Crippen molar-refractivity contribution in [2.24, 2.45) is 0 Å². The van der Waals surface area contributed by atoms with Crippen molar-refractivity contribution in [3.63, 3.8) is 0 Å². The Morgan fingerprint density at radius 1 is 1.25 bits per heavy atom. The van der Waals surface area contributed by atoms with Gasteiger partial charge in [-0.2, -0.15) is 0 Å². The first-order chi connectivity index (χ1) is 13.5. The van der Waals surface area contributed by atoms with Crippen molar-refractivity contribution >= 4 is 44.3 Å². The Morgan fingerprint density at radius 3 is 2.75 bits per heavy atom. The average Bonchev–Trinajstić information content (AvgIpc) is 3.25. The fourth-order valence-corrected chi connectivity index (χ4v) is 4.21. The summed E-state index contributed by atoms with van der Waals surface area (Å²) in [6, 6.07) is 12.6. The number of ether oxygens (including phenoxy) is 1. The number of fused-ring (bicyclic) bond motifs is 1. The predicted octanol–water partition coefficient (Wildman–Crippen LogP) is 3.54. The molecule has 1 aliphatic heterocycles. The Hall–Kier alpha value is -3.13. The molecular weight excluding hydrogens is 376 g/mol. The summed E-state index contributed by atoms with van der Waals surface area (Å²) < 4.78 is 6.17. The molecule has 0 saturated carbocycles. The van der Waals surface area contributed by atoms with Crippen molar-refractivity contribution in [2.45, 2.75) is 19.4 Å². The number of urea groups is 1. The molecular formula is C20H20N4O3S. The summed E-state index contributed by atoms with van der Waals surface area (Å²) in [5, 5.41) is 6.19. The van der Waals surface area contributed by atoms with Gasteiger partial charge in [0.2, 0.25) is 5.91 Å². The lowest BCUT2D eigenvalue weighted by Crippen LogP contribution is -2.39. The van der Waals surface area contributed by atoms with E-state index in [9.17, 15) is 9.59 Å². The number of amides is 3. The van der Waals surface area contributed by atoms with Crippen LogP contribution < -0.4 is 20.3 Å². The first-order valence-corrected chi connectivity index (χ1v) is 9.73. The van der Waals surface area contributed by atoms with E-state index in [1.165, 1.54) is 11.3 Å². The van der Waals surface area contributed by atoms with Gasteiger partial charge in [-0.15, -0.1) is 0 Å². The maximum atomic E-state index is 12.4. The monoisotopic (exact) mass is 396 g/mol. The van der Waals surface area contributed by atoms with E-state index >= 15 is 0 Å². The summed E-state index contributed by atoms with van der Waals surface area (Å²) in [5.41, 5.74) is 2.75. The number of benzene rings is 2. The molecule has 0 aliphatic carbocycles. The van der Waals surface area contributed by atoms with Crippen LogP contribution in [0.25, 0.3) is 10.2 Å². The molecule has 1 aromatic heterocycles. The van der Waals surface area contributed by atoms with Crippen LogP contribution in [0, 0.1) is 6.92 Å². The molecule has 3 aromatic rings. The van der Waals surface area contributed by atoms with Gasteiger partial charge in [-0.25, -0.2) is 9.78 Å². The summed E-state index contributed by atoms with van der Waals surface area (Å²) in [5.74, 6) is 0.710. The van der Waals surface area contributed by atoms with Gasteiger partial charge in [0.25, 0.3) is 0 Å². The largest absolute Gasteiger partial charge is 0.497 e. The SMILES string of the molecule is COc1ccc(N2C[C@H](NC(=O)Nc3nc4c(C)cccc4s3)CC2=O)cc1. The second-order valence-electron chi connectivity index (χ2n) is 6.64. The van der Waals surface area contributed by atoms with Crippen LogP contribution in [0.5, 0.6) is 5.75 Å². The van der Waals surface area contributed by atoms with Crippen molar-refractivity contribution in [3.8, 4) is 5.75 Å². The molecule has 8 heteroatoms. The Bertz CT molecular complexity index is 1030. The highest BCUT2D eigenvalue weighted by Crippen LogP contribution is 2.28. The number of anilines is 2. The van der Waals surface area contributed by atoms with Crippen LogP contribution in [0.4, 0.5) is 15.6 Å². The third kappa shape index (κ3) is 3.63. The van der Waals surface area contributed by atoms with E-state index in [0.29, 0.717) is 11.7 Å². The van der Waals surface area contributed by atoms with Crippen molar-refractivity contribution in [1.82, 2.24) is 10.3 Å². The Kier molecular flexibility index (Phi) is 4.87. The van der Waals surface area contributed by atoms with E-state index in [1.807, 2.05) is 49.4 Å². The molecule has 0 bridgehead atoms. The highest BCUT2D eigenvalue weighted by atomic mass is 32.1. The van der Waals surface area contributed by atoms with Crippen LogP contribution in [0.15, 0.2) is 42.5 Å². The number of methoxy groups -OCH3 is 1.